The molecule has 1 aromatic heterocycles. The smallest absolute Gasteiger partial charge is 0.267 e. The third kappa shape index (κ3) is 6.65. The fourth-order valence-electron chi connectivity index (χ4n) is 3.24. The maximum atomic E-state index is 12.5. The van der Waals surface area contributed by atoms with Gasteiger partial charge in [0, 0.05) is 44.9 Å². The molecule has 0 radical (unpaired) electrons. The fourth-order valence-corrected chi connectivity index (χ4v) is 3.24. The van der Waals surface area contributed by atoms with E-state index in [2.05, 4.69) is 34.1 Å². The van der Waals surface area contributed by atoms with Crippen molar-refractivity contribution in [1.29, 1.82) is 0 Å². The van der Waals surface area contributed by atoms with Gasteiger partial charge in [0.2, 0.25) is 5.91 Å². The van der Waals surface area contributed by atoms with Crippen molar-refractivity contribution in [1.82, 2.24) is 20.3 Å². The lowest BCUT2D eigenvalue weighted by atomic mass is 10.1. The Kier molecular flexibility index (Phi) is 7.88. The highest BCUT2D eigenvalue weighted by Gasteiger charge is 2.19. The lowest BCUT2D eigenvalue weighted by Crippen LogP contribution is -2.48. The highest BCUT2D eigenvalue weighted by atomic mass is 16.5. The molecule has 1 aliphatic heterocycles. The van der Waals surface area contributed by atoms with Gasteiger partial charge in [-0.25, -0.2) is 10.5 Å². The highest BCUT2D eigenvalue weighted by Crippen LogP contribution is 2.08. The van der Waals surface area contributed by atoms with E-state index in [0.29, 0.717) is 24.5 Å². The van der Waals surface area contributed by atoms with Crippen LogP contribution in [0.15, 0.2) is 60.7 Å². The summed E-state index contributed by atoms with van der Waals surface area (Å²) in [5.74, 6) is -0.657. The summed E-state index contributed by atoms with van der Waals surface area (Å²) in [6.45, 7) is 4.17. The van der Waals surface area contributed by atoms with E-state index >= 15 is 0 Å². The molecular formula is C23H26N4O3. The molecule has 2 aromatic rings. The van der Waals surface area contributed by atoms with E-state index in [1.807, 2.05) is 11.0 Å². The Hall–Kier alpha value is -3.29. The molecule has 7 heteroatoms. The van der Waals surface area contributed by atoms with E-state index in [9.17, 15) is 9.59 Å². The van der Waals surface area contributed by atoms with Crippen LogP contribution in [0.1, 0.15) is 17.0 Å². The maximum absolute atomic E-state index is 12.5. The Bertz CT molecular complexity index is 904. The van der Waals surface area contributed by atoms with Crippen LogP contribution in [0.4, 0.5) is 0 Å². The summed E-state index contributed by atoms with van der Waals surface area (Å²) in [7, 11) is 0. The molecule has 0 aliphatic carbocycles. The standard InChI is InChI=1S/C23H26N4O3/c28-22(25-30)11-9-20-7-4-8-21(24-20)10-12-23(29)27-17-15-26(16-18-27)14-13-19-5-2-1-3-6-19/h1-12,30H,13-18H2,(H,25,28). The summed E-state index contributed by atoms with van der Waals surface area (Å²) >= 11 is 0. The first-order chi connectivity index (χ1) is 14.6. The van der Waals surface area contributed by atoms with Crippen LogP contribution in [0.25, 0.3) is 12.2 Å². The number of benzene rings is 1. The van der Waals surface area contributed by atoms with Crippen LogP contribution in [-0.4, -0.2) is 64.5 Å². The van der Waals surface area contributed by atoms with E-state index in [-0.39, 0.29) is 5.91 Å². The van der Waals surface area contributed by atoms with Gasteiger partial charge >= 0.3 is 0 Å². The second kappa shape index (κ2) is 11.0. The van der Waals surface area contributed by atoms with Gasteiger partial charge in [-0.2, -0.15) is 0 Å². The number of amides is 2. The maximum Gasteiger partial charge on any atom is 0.267 e. The number of piperazine rings is 1. The van der Waals surface area contributed by atoms with E-state index in [1.165, 1.54) is 29.3 Å². The molecule has 1 aliphatic rings. The van der Waals surface area contributed by atoms with Crippen LogP contribution in [0, 0.1) is 0 Å². The minimum absolute atomic E-state index is 0.0277. The predicted molar refractivity (Wildman–Crippen MR) is 115 cm³/mol. The average Bonchev–Trinajstić information content (AvgIpc) is 2.81. The van der Waals surface area contributed by atoms with Gasteiger partial charge < -0.3 is 4.90 Å². The first-order valence-corrected chi connectivity index (χ1v) is 9.96. The number of rotatable bonds is 7. The second-order valence-electron chi connectivity index (χ2n) is 7.03. The van der Waals surface area contributed by atoms with Crippen LogP contribution in [0.5, 0.6) is 0 Å². The molecule has 30 heavy (non-hydrogen) atoms. The largest absolute Gasteiger partial charge is 0.337 e. The molecule has 1 saturated heterocycles. The number of hydrogen-bond acceptors (Lipinski definition) is 5. The van der Waals surface area contributed by atoms with Crippen molar-refractivity contribution in [2.24, 2.45) is 0 Å². The first-order valence-electron chi connectivity index (χ1n) is 9.96. The van der Waals surface area contributed by atoms with Crippen molar-refractivity contribution < 1.29 is 14.8 Å². The SMILES string of the molecule is O=C(C=Cc1cccc(C=CC(=O)N2CCN(CCc3ccccc3)CC2)n1)NO. The van der Waals surface area contributed by atoms with Gasteiger partial charge in [-0.1, -0.05) is 36.4 Å². The average molecular weight is 406 g/mol. The number of hydroxylamine groups is 1. The van der Waals surface area contributed by atoms with E-state index in [0.717, 1.165) is 26.1 Å². The zero-order chi connectivity index (χ0) is 21.2. The third-order valence-electron chi connectivity index (χ3n) is 4.95. The summed E-state index contributed by atoms with van der Waals surface area (Å²) in [4.78, 5) is 32.1. The zero-order valence-corrected chi connectivity index (χ0v) is 16.8. The van der Waals surface area contributed by atoms with Crippen LogP contribution in [-0.2, 0) is 16.0 Å². The van der Waals surface area contributed by atoms with Gasteiger partial charge in [0.1, 0.15) is 0 Å². The molecule has 1 aromatic carbocycles. The summed E-state index contributed by atoms with van der Waals surface area (Å²) in [5.41, 5.74) is 4.04. The predicted octanol–water partition coefficient (Wildman–Crippen LogP) is 2.00. The molecule has 2 amide bonds. The number of nitrogens with one attached hydrogen (secondary N) is 1. The van der Waals surface area contributed by atoms with E-state index in [1.54, 1.807) is 24.3 Å². The van der Waals surface area contributed by atoms with Gasteiger partial charge in [-0.05, 0) is 36.3 Å². The lowest BCUT2D eigenvalue weighted by molar-refractivity contribution is -0.127. The number of aromatic nitrogens is 1. The van der Waals surface area contributed by atoms with E-state index < -0.39 is 5.91 Å². The Morgan fingerprint density at radius 1 is 0.933 bits per heavy atom. The van der Waals surface area contributed by atoms with Crippen molar-refractivity contribution in [3.05, 3.63) is 77.6 Å². The van der Waals surface area contributed by atoms with Gasteiger partial charge in [0.15, 0.2) is 0 Å². The summed E-state index contributed by atoms with van der Waals surface area (Å²) in [5, 5.41) is 8.51. The van der Waals surface area contributed by atoms with Crippen LogP contribution in [0.3, 0.4) is 0 Å². The molecule has 3 rings (SSSR count). The zero-order valence-electron chi connectivity index (χ0n) is 16.8. The summed E-state index contributed by atoms with van der Waals surface area (Å²) in [6, 6.07) is 15.7. The van der Waals surface area contributed by atoms with Crippen molar-refractivity contribution >= 4 is 24.0 Å². The minimum atomic E-state index is -0.629. The molecule has 0 unspecified atom stereocenters. The Morgan fingerprint density at radius 2 is 1.60 bits per heavy atom. The van der Waals surface area contributed by atoms with Crippen molar-refractivity contribution in [3.63, 3.8) is 0 Å². The lowest BCUT2D eigenvalue weighted by Gasteiger charge is -2.34. The molecule has 0 bridgehead atoms. The molecule has 0 atom stereocenters. The molecule has 2 N–H and O–H groups in total. The quantitative estimate of drug-likeness (QED) is 0.417. The summed E-state index contributed by atoms with van der Waals surface area (Å²) in [6.07, 6.45) is 6.90. The Labute approximate surface area is 176 Å². The van der Waals surface area contributed by atoms with Crippen LogP contribution in [0.2, 0.25) is 0 Å². The minimum Gasteiger partial charge on any atom is -0.337 e. The Morgan fingerprint density at radius 3 is 2.27 bits per heavy atom. The Balaban J connectivity index is 1.47. The van der Waals surface area contributed by atoms with Crippen molar-refractivity contribution in [2.75, 3.05) is 32.7 Å². The molecule has 0 spiro atoms. The summed E-state index contributed by atoms with van der Waals surface area (Å²) < 4.78 is 0. The van der Waals surface area contributed by atoms with Gasteiger partial charge in [0.05, 0.1) is 11.4 Å². The molecule has 1 fully saturated rings. The second-order valence-corrected chi connectivity index (χ2v) is 7.03. The molecule has 2 heterocycles. The fraction of sp³-hybridized carbons (Fsp3) is 0.261. The molecule has 0 saturated carbocycles. The topological polar surface area (TPSA) is 85.8 Å². The number of carbonyl (C=O) groups excluding carboxylic acids is 2. The number of nitrogens with zero attached hydrogens (tertiary/aromatic N) is 3. The molecular weight excluding hydrogens is 380 g/mol. The van der Waals surface area contributed by atoms with Gasteiger partial charge in [-0.3, -0.25) is 19.7 Å². The van der Waals surface area contributed by atoms with Gasteiger partial charge in [0.25, 0.3) is 5.91 Å². The molecule has 7 nitrogen and oxygen atoms in total. The van der Waals surface area contributed by atoms with Crippen molar-refractivity contribution in [3.8, 4) is 0 Å². The van der Waals surface area contributed by atoms with Gasteiger partial charge in [-0.15, -0.1) is 0 Å². The third-order valence-corrected chi connectivity index (χ3v) is 4.95. The number of pyridine rings is 1. The highest BCUT2D eigenvalue weighted by molar-refractivity contribution is 5.92. The van der Waals surface area contributed by atoms with Crippen LogP contribution >= 0.6 is 0 Å². The van der Waals surface area contributed by atoms with E-state index in [4.69, 9.17) is 5.21 Å². The monoisotopic (exact) mass is 406 g/mol. The molecule has 156 valence electrons. The number of carbonyl (C=O) groups is 2. The first kappa shape index (κ1) is 21.4. The number of hydrogen-bond donors (Lipinski definition) is 2. The van der Waals surface area contributed by atoms with Crippen molar-refractivity contribution in [2.45, 2.75) is 6.42 Å². The van der Waals surface area contributed by atoms with Crippen LogP contribution < -0.4 is 5.48 Å². The normalized spacial score (nSPS) is 15.0.